The molecule has 4 nitrogen and oxygen atoms in total. The highest BCUT2D eigenvalue weighted by Gasteiger charge is 2.42. The molecule has 0 aromatic heterocycles. The fourth-order valence-corrected chi connectivity index (χ4v) is 3.35. The molecule has 1 fully saturated rings. The summed E-state index contributed by atoms with van der Waals surface area (Å²) in [5, 5.41) is 0. The Labute approximate surface area is 146 Å². The van der Waals surface area contributed by atoms with Crippen LogP contribution in [-0.2, 0) is 20.9 Å². The summed E-state index contributed by atoms with van der Waals surface area (Å²) in [7, 11) is 0. The minimum atomic E-state index is -0.532. The van der Waals surface area contributed by atoms with E-state index in [1.807, 2.05) is 44.2 Å². The standard InChI is InChI=1S/C20H31NO3/c1-15(2)24-18(17-12-9-13-21(17)20(3,4)5)19(22)23-14-16-10-7-6-8-11-16/h6-8,10-11,15,17-18H,9,12-14H2,1-5H3/t17-,18-/m1/s1. The minimum Gasteiger partial charge on any atom is -0.459 e. The van der Waals surface area contributed by atoms with E-state index in [1.165, 1.54) is 0 Å². The quantitative estimate of drug-likeness (QED) is 0.743. The molecule has 0 spiro atoms. The van der Waals surface area contributed by atoms with Gasteiger partial charge in [0.2, 0.25) is 0 Å². The Morgan fingerprint density at radius 3 is 2.50 bits per heavy atom. The molecule has 4 heteroatoms. The minimum absolute atomic E-state index is 0.0123. The fourth-order valence-electron chi connectivity index (χ4n) is 3.35. The first kappa shape index (κ1) is 18.9. The van der Waals surface area contributed by atoms with Gasteiger partial charge in [0.05, 0.1) is 6.10 Å². The Kier molecular flexibility index (Phi) is 6.41. The van der Waals surface area contributed by atoms with Crippen molar-refractivity contribution in [3.05, 3.63) is 35.9 Å². The molecule has 0 unspecified atom stereocenters. The SMILES string of the molecule is CC(C)O[C@@H](C(=O)OCc1ccccc1)[C@H]1CCCN1C(C)(C)C. The van der Waals surface area contributed by atoms with Gasteiger partial charge in [-0.05, 0) is 59.6 Å². The topological polar surface area (TPSA) is 38.8 Å². The van der Waals surface area contributed by atoms with Gasteiger partial charge in [0.25, 0.3) is 0 Å². The zero-order chi connectivity index (χ0) is 17.7. The van der Waals surface area contributed by atoms with Crippen molar-refractivity contribution in [1.29, 1.82) is 0 Å². The Morgan fingerprint density at radius 1 is 1.25 bits per heavy atom. The lowest BCUT2D eigenvalue weighted by Gasteiger charge is -2.40. The van der Waals surface area contributed by atoms with Gasteiger partial charge in [0, 0.05) is 11.6 Å². The van der Waals surface area contributed by atoms with Crippen LogP contribution in [0.1, 0.15) is 53.0 Å². The lowest BCUT2D eigenvalue weighted by atomic mass is 10.0. The van der Waals surface area contributed by atoms with Crippen molar-refractivity contribution in [3.8, 4) is 0 Å². The number of carbonyl (C=O) groups is 1. The smallest absolute Gasteiger partial charge is 0.337 e. The van der Waals surface area contributed by atoms with Crippen molar-refractivity contribution in [2.75, 3.05) is 6.54 Å². The molecule has 1 aromatic carbocycles. The molecule has 24 heavy (non-hydrogen) atoms. The van der Waals surface area contributed by atoms with Crippen LogP contribution in [0.25, 0.3) is 0 Å². The van der Waals surface area contributed by atoms with Gasteiger partial charge in [0.1, 0.15) is 6.61 Å². The number of nitrogens with zero attached hydrogens (tertiary/aromatic N) is 1. The van der Waals surface area contributed by atoms with Crippen LogP contribution in [0.3, 0.4) is 0 Å². The van der Waals surface area contributed by atoms with Crippen LogP contribution < -0.4 is 0 Å². The van der Waals surface area contributed by atoms with Crippen LogP contribution in [-0.4, -0.2) is 41.2 Å². The molecule has 0 saturated carbocycles. The summed E-state index contributed by atoms with van der Waals surface area (Å²) in [5.41, 5.74) is 1.01. The van der Waals surface area contributed by atoms with E-state index in [-0.39, 0.29) is 23.7 Å². The number of benzene rings is 1. The maximum absolute atomic E-state index is 12.7. The number of likely N-dealkylation sites (tertiary alicyclic amines) is 1. The van der Waals surface area contributed by atoms with Crippen molar-refractivity contribution in [1.82, 2.24) is 4.90 Å². The number of hydrogen-bond acceptors (Lipinski definition) is 4. The molecule has 0 amide bonds. The molecule has 1 aliphatic heterocycles. The number of esters is 1. The molecule has 1 aliphatic rings. The van der Waals surface area contributed by atoms with Gasteiger partial charge in [-0.3, -0.25) is 4.90 Å². The summed E-state index contributed by atoms with van der Waals surface area (Å²) >= 11 is 0. The summed E-state index contributed by atoms with van der Waals surface area (Å²) in [6.07, 6.45) is 1.51. The molecular weight excluding hydrogens is 302 g/mol. The molecule has 0 bridgehead atoms. The molecule has 1 aromatic rings. The maximum atomic E-state index is 12.7. The third kappa shape index (κ3) is 5.05. The van der Waals surface area contributed by atoms with E-state index in [2.05, 4.69) is 25.7 Å². The highest BCUT2D eigenvalue weighted by atomic mass is 16.6. The van der Waals surface area contributed by atoms with Crippen molar-refractivity contribution in [3.63, 3.8) is 0 Å². The summed E-state index contributed by atoms with van der Waals surface area (Å²) in [4.78, 5) is 15.1. The second-order valence-electron chi connectivity index (χ2n) is 7.77. The van der Waals surface area contributed by atoms with E-state index in [9.17, 15) is 4.79 Å². The first-order valence-corrected chi connectivity index (χ1v) is 8.92. The Balaban J connectivity index is 2.08. The van der Waals surface area contributed by atoms with Gasteiger partial charge in [-0.2, -0.15) is 0 Å². The van der Waals surface area contributed by atoms with Gasteiger partial charge >= 0.3 is 5.97 Å². The van der Waals surface area contributed by atoms with Gasteiger partial charge in [0.15, 0.2) is 6.10 Å². The zero-order valence-corrected chi connectivity index (χ0v) is 15.6. The molecular formula is C20H31NO3. The second kappa shape index (κ2) is 8.13. The molecule has 1 saturated heterocycles. The van der Waals surface area contributed by atoms with Crippen molar-refractivity contribution in [2.24, 2.45) is 0 Å². The molecule has 0 N–H and O–H groups in total. The van der Waals surface area contributed by atoms with Crippen LogP contribution in [0, 0.1) is 0 Å². The number of ether oxygens (including phenoxy) is 2. The Bertz CT molecular complexity index is 521. The molecule has 1 heterocycles. The largest absolute Gasteiger partial charge is 0.459 e. The highest BCUT2D eigenvalue weighted by Crippen LogP contribution is 2.30. The molecule has 2 rings (SSSR count). The third-order valence-electron chi connectivity index (χ3n) is 4.39. The number of carbonyl (C=O) groups excluding carboxylic acids is 1. The first-order chi connectivity index (χ1) is 11.3. The predicted octanol–water partition coefficient (Wildman–Crippen LogP) is 3.79. The van der Waals surface area contributed by atoms with Crippen molar-refractivity contribution >= 4 is 5.97 Å². The Morgan fingerprint density at radius 2 is 1.92 bits per heavy atom. The highest BCUT2D eigenvalue weighted by molar-refractivity contribution is 5.75. The van der Waals surface area contributed by atoms with E-state index < -0.39 is 6.10 Å². The van der Waals surface area contributed by atoms with Crippen molar-refractivity contribution in [2.45, 2.75) is 77.9 Å². The summed E-state index contributed by atoms with van der Waals surface area (Å²) < 4.78 is 11.6. The van der Waals surface area contributed by atoms with Crippen LogP contribution in [0.15, 0.2) is 30.3 Å². The summed E-state index contributed by atoms with van der Waals surface area (Å²) in [6.45, 7) is 11.8. The lowest BCUT2D eigenvalue weighted by molar-refractivity contribution is -0.167. The fraction of sp³-hybridized carbons (Fsp3) is 0.650. The van der Waals surface area contributed by atoms with Crippen LogP contribution >= 0.6 is 0 Å². The van der Waals surface area contributed by atoms with E-state index in [1.54, 1.807) is 0 Å². The van der Waals surface area contributed by atoms with Gasteiger partial charge < -0.3 is 9.47 Å². The zero-order valence-electron chi connectivity index (χ0n) is 15.6. The van der Waals surface area contributed by atoms with Gasteiger partial charge in [-0.15, -0.1) is 0 Å². The monoisotopic (exact) mass is 333 g/mol. The summed E-state index contributed by atoms with van der Waals surface area (Å²) in [6, 6.07) is 9.85. The molecule has 0 radical (unpaired) electrons. The third-order valence-corrected chi connectivity index (χ3v) is 4.39. The average molecular weight is 333 g/mol. The van der Waals surface area contributed by atoms with Crippen molar-refractivity contribution < 1.29 is 14.3 Å². The van der Waals surface area contributed by atoms with E-state index in [0.717, 1.165) is 24.9 Å². The normalized spacial score (nSPS) is 20.3. The molecule has 134 valence electrons. The molecule has 0 aliphatic carbocycles. The van der Waals surface area contributed by atoms with Crippen LogP contribution in [0.2, 0.25) is 0 Å². The predicted molar refractivity (Wildman–Crippen MR) is 95.7 cm³/mol. The number of rotatable bonds is 6. The maximum Gasteiger partial charge on any atom is 0.337 e. The number of hydrogen-bond donors (Lipinski definition) is 0. The second-order valence-corrected chi connectivity index (χ2v) is 7.77. The average Bonchev–Trinajstić information content (AvgIpc) is 3.00. The Hall–Kier alpha value is -1.39. The lowest BCUT2D eigenvalue weighted by Crippen LogP contribution is -2.53. The van der Waals surface area contributed by atoms with Gasteiger partial charge in [-0.1, -0.05) is 30.3 Å². The first-order valence-electron chi connectivity index (χ1n) is 8.92. The van der Waals surface area contributed by atoms with E-state index in [4.69, 9.17) is 9.47 Å². The van der Waals surface area contributed by atoms with Crippen LogP contribution in [0.5, 0.6) is 0 Å². The molecule has 2 atom stereocenters. The van der Waals surface area contributed by atoms with E-state index in [0.29, 0.717) is 6.61 Å². The van der Waals surface area contributed by atoms with E-state index >= 15 is 0 Å². The summed E-state index contributed by atoms with van der Waals surface area (Å²) in [5.74, 6) is -0.256. The van der Waals surface area contributed by atoms with Crippen LogP contribution in [0.4, 0.5) is 0 Å². The van der Waals surface area contributed by atoms with Gasteiger partial charge in [-0.25, -0.2) is 4.79 Å².